The first-order valence-corrected chi connectivity index (χ1v) is 5.21. The number of hydrogen-bond donors (Lipinski definition) is 1. The van der Waals surface area contributed by atoms with Crippen LogP contribution < -0.4 is 4.74 Å². The van der Waals surface area contributed by atoms with Gasteiger partial charge in [0.1, 0.15) is 5.75 Å². The average Bonchev–Trinajstić information content (AvgIpc) is 2.83. The molecule has 0 bridgehead atoms. The van der Waals surface area contributed by atoms with Crippen molar-refractivity contribution in [3.05, 3.63) is 54.4 Å². The van der Waals surface area contributed by atoms with Crippen LogP contribution in [0.5, 0.6) is 5.75 Å². The fraction of sp³-hybridized carbons (Fsp3) is 0.154. The van der Waals surface area contributed by atoms with Crippen molar-refractivity contribution in [2.75, 3.05) is 7.11 Å². The second-order valence-corrected chi connectivity index (χ2v) is 3.65. The first-order chi connectivity index (χ1) is 8.22. The second-order valence-electron chi connectivity index (χ2n) is 3.65. The van der Waals surface area contributed by atoms with Crippen molar-refractivity contribution in [3.63, 3.8) is 0 Å². The Bertz CT molecular complexity index is 505. The smallest absolute Gasteiger partial charge is 0.331 e. The number of nitrogens with zero attached hydrogens (tertiary/aromatic N) is 1. The van der Waals surface area contributed by atoms with E-state index in [1.807, 2.05) is 0 Å². The molecule has 4 heteroatoms. The van der Waals surface area contributed by atoms with Gasteiger partial charge in [-0.1, -0.05) is 12.1 Å². The number of hydrogen-bond acceptors (Lipinski definition) is 2. The Morgan fingerprint density at radius 2 is 2.00 bits per heavy atom. The van der Waals surface area contributed by atoms with E-state index >= 15 is 0 Å². The summed E-state index contributed by atoms with van der Waals surface area (Å²) in [7, 11) is 1.56. The van der Waals surface area contributed by atoms with E-state index in [1.54, 1.807) is 60.5 Å². The van der Waals surface area contributed by atoms with E-state index in [2.05, 4.69) is 0 Å². The van der Waals surface area contributed by atoms with E-state index < -0.39 is 12.0 Å². The van der Waals surface area contributed by atoms with Crippen LogP contribution in [0.4, 0.5) is 0 Å². The normalized spacial score (nSPS) is 12.1. The minimum absolute atomic E-state index is 0.654. The fourth-order valence-electron chi connectivity index (χ4n) is 1.77. The van der Waals surface area contributed by atoms with Gasteiger partial charge in [-0.15, -0.1) is 0 Å². The standard InChI is InChI=1S/C13H13NO3/c1-17-11-6-4-5-10(9-11)12(13(15)16)14-7-2-3-8-14/h2-9,12H,1H3,(H,15,16)/t12-/m1/s1. The van der Waals surface area contributed by atoms with Crippen molar-refractivity contribution in [1.82, 2.24) is 4.57 Å². The van der Waals surface area contributed by atoms with Crippen LogP contribution in [-0.4, -0.2) is 22.8 Å². The summed E-state index contributed by atoms with van der Waals surface area (Å²) < 4.78 is 6.75. The Balaban J connectivity index is 2.43. The van der Waals surface area contributed by atoms with Crippen LogP contribution in [0.3, 0.4) is 0 Å². The number of aromatic nitrogens is 1. The Morgan fingerprint density at radius 3 is 2.59 bits per heavy atom. The van der Waals surface area contributed by atoms with Gasteiger partial charge < -0.3 is 14.4 Å². The van der Waals surface area contributed by atoms with Gasteiger partial charge in [0.05, 0.1) is 7.11 Å². The van der Waals surface area contributed by atoms with Crippen molar-refractivity contribution in [2.45, 2.75) is 6.04 Å². The molecule has 0 saturated heterocycles. The van der Waals surface area contributed by atoms with E-state index in [0.717, 1.165) is 0 Å². The number of carboxylic acid groups (broad SMARTS) is 1. The van der Waals surface area contributed by atoms with Crippen molar-refractivity contribution < 1.29 is 14.6 Å². The highest BCUT2D eigenvalue weighted by atomic mass is 16.5. The maximum Gasteiger partial charge on any atom is 0.331 e. The zero-order chi connectivity index (χ0) is 12.3. The third-order valence-electron chi connectivity index (χ3n) is 2.57. The number of carboxylic acids is 1. The molecule has 4 nitrogen and oxygen atoms in total. The summed E-state index contributed by atoms with van der Waals surface area (Å²) >= 11 is 0. The predicted octanol–water partition coefficient (Wildman–Crippen LogP) is 2.17. The number of aliphatic carboxylic acids is 1. The first kappa shape index (κ1) is 11.3. The Kier molecular flexibility index (Phi) is 3.14. The SMILES string of the molecule is COc1cccc([C@H](C(=O)O)n2cccc2)c1. The molecule has 1 aromatic carbocycles. The number of carbonyl (C=O) groups is 1. The molecule has 1 N–H and O–H groups in total. The minimum Gasteiger partial charge on any atom is -0.497 e. The number of rotatable bonds is 4. The van der Waals surface area contributed by atoms with Crippen molar-refractivity contribution in [1.29, 1.82) is 0 Å². The van der Waals surface area contributed by atoms with Crippen molar-refractivity contribution in [2.24, 2.45) is 0 Å². The lowest BCUT2D eigenvalue weighted by Crippen LogP contribution is -2.18. The van der Waals surface area contributed by atoms with Crippen LogP contribution in [0.2, 0.25) is 0 Å². The van der Waals surface area contributed by atoms with Crippen molar-refractivity contribution in [3.8, 4) is 5.75 Å². The Hall–Kier alpha value is -2.23. The molecule has 88 valence electrons. The third kappa shape index (κ3) is 2.30. The van der Waals surface area contributed by atoms with E-state index in [4.69, 9.17) is 4.74 Å². The van der Waals surface area contributed by atoms with Crippen LogP contribution >= 0.6 is 0 Å². The first-order valence-electron chi connectivity index (χ1n) is 5.21. The van der Waals surface area contributed by atoms with Gasteiger partial charge in [0.15, 0.2) is 6.04 Å². The lowest BCUT2D eigenvalue weighted by Gasteiger charge is -2.15. The van der Waals surface area contributed by atoms with Gasteiger partial charge in [-0.3, -0.25) is 0 Å². The molecule has 0 spiro atoms. The predicted molar refractivity (Wildman–Crippen MR) is 63.2 cm³/mol. The zero-order valence-corrected chi connectivity index (χ0v) is 9.41. The lowest BCUT2D eigenvalue weighted by molar-refractivity contribution is -0.139. The average molecular weight is 231 g/mol. The molecule has 1 heterocycles. The molecule has 0 aliphatic rings. The van der Waals surface area contributed by atoms with Gasteiger partial charge in [0.2, 0.25) is 0 Å². The monoisotopic (exact) mass is 231 g/mol. The van der Waals surface area contributed by atoms with E-state index in [0.29, 0.717) is 11.3 Å². The molecule has 1 aromatic heterocycles. The molecular formula is C13H13NO3. The Labute approximate surface area is 99.1 Å². The molecule has 2 aromatic rings. The summed E-state index contributed by atoms with van der Waals surface area (Å²) in [5.41, 5.74) is 0.688. The van der Waals surface area contributed by atoms with Crippen LogP contribution in [0.15, 0.2) is 48.8 Å². The highest BCUT2D eigenvalue weighted by molar-refractivity contribution is 5.76. The van der Waals surface area contributed by atoms with Gasteiger partial charge in [-0.05, 0) is 29.8 Å². The number of benzene rings is 1. The van der Waals surface area contributed by atoms with Gasteiger partial charge in [0, 0.05) is 12.4 Å². The van der Waals surface area contributed by atoms with Crippen LogP contribution in [-0.2, 0) is 4.79 Å². The van der Waals surface area contributed by atoms with E-state index in [9.17, 15) is 9.90 Å². The summed E-state index contributed by atoms with van der Waals surface area (Å²) in [5, 5.41) is 9.30. The summed E-state index contributed by atoms with van der Waals surface area (Å²) in [5.74, 6) is -0.240. The minimum atomic E-state index is -0.894. The number of methoxy groups -OCH3 is 1. The van der Waals surface area contributed by atoms with Gasteiger partial charge >= 0.3 is 5.97 Å². The fourth-order valence-corrected chi connectivity index (χ4v) is 1.77. The Morgan fingerprint density at radius 1 is 1.29 bits per heavy atom. The molecule has 0 radical (unpaired) electrons. The van der Waals surface area contributed by atoms with Crippen molar-refractivity contribution >= 4 is 5.97 Å². The largest absolute Gasteiger partial charge is 0.497 e. The van der Waals surface area contributed by atoms with Gasteiger partial charge in [-0.2, -0.15) is 0 Å². The topological polar surface area (TPSA) is 51.5 Å². The summed E-state index contributed by atoms with van der Waals surface area (Å²) in [6, 6.07) is 9.97. The van der Waals surface area contributed by atoms with E-state index in [1.165, 1.54) is 0 Å². The highest BCUT2D eigenvalue weighted by Crippen LogP contribution is 2.22. The summed E-state index contributed by atoms with van der Waals surface area (Å²) in [4.78, 5) is 11.3. The molecule has 0 saturated carbocycles. The van der Waals surface area contributed by atoms with Gasteiger partial charge in [0.25, 0.3) is 0 Å². The summed E-state index contributed by atoms with van der Waals surface area (Å²) in [6.07, 6.45) is 3.47. The van der Waals surface area contributed by atoms with Gasteiger partial charge in [-0.25, -0.2) is 4.79 Å². The quantitative estimate of drug-likeness (QED) is 0.877. The zero-order valence-electron chi connectivity index (χ0n) is 9.41. The molecule has 0 amide bonds. The maximum absolute atomic E-state index is 11.3. The highest BCUT2D eigenvalue weighted by Gasteiger charge is 2.21. The van der Waals surface area contributed by atoms with Crippen LogP contribution in [0.25, 0.3) is 0 Å². The molecule has 0 unspecified atom stereocenters. The lowest BCUT2D eigenvalue weighted by atomic mass is 10.1. The van der Waals surface area contributed by atoms with Crippen LogP contribution in [0, 0.1) is 0 Å². The third-order valence-corrected chi connectivity index (χ3v) is 2.57. The molecule has 0 aliphatic carbocycles. The summed E-state index contributed by atoms with van der Waals surface area (Å²) in [6.45, 7) is 0. The molecule has 1 atom stereocenters. The second kappa shape index (κ2) is 4.74. The molecular weight excluding hydrogens is 218 g/mol. The van der Waals surface area contributed by atoms with Crippen LogP contribution in [0.1, 0.15) is 11.6 Å². The molecule has 0 aliphatic heterocycles. The number of ether oxygens (including phenoxy) is 1. The molecule has 0 fully saturated rings. The molecule has 2 rings (SSSR count). The molecule has 17 heavy (non-hydrogen) atoms. The van der Waals surface area contributed by atoms with E-state index in [-0.39, 0.29) is 0 Å². The maximum atomic E-state index is 11.3.